The first-order valence-corrected chi connectivity index (χ1v) is 9.64. The molecule has 1 saturated heterocycles. The molecule has 0 radical (unpaired) electrons. The molecule has 6 heteroatoms. The maximum Gasteiger partial charge on any atom is 0.192 e. The fourth-order valence-electron chi connectivity index (χ4n) is 3.13. The lowest BCUT2D eigenvalue weighted by Crippen LogP contribution is -2.39. The van der Waals surface area contributed by atoms with Crippen molar-refractivity contribution in [1.82, 2.24) is 15.6 Å². The molecule has 1 aromatic heterocycles. The van der Waals surface area contributed by atoms with Crippen molar-refractivity contribution in [2.45, 2.75) is 26.4 Å². The molecular weight excluding hydrogens is 338 g/mol. The molecule has 3 rings (SSSR count). The third kappa shape index (κ3) is 5.44. The number of pyridine rings is 1. The molecule has 2 N–H and O–H groups in total. The van der Waals surface area contributed by atoms with Gasteiger partial charge >= 0.3 is 0 Å². The largest absolute Gasteiger partial charge is 0.378 e. The SMILES string of the molecule is CCNC(=NCc1cccnc1N1CCOCC1)NC(C)c1ccccc1. The van der Waals surface area contributed by atoms with E-state index in [1.165, 1.54) is 5.56 Å². The highest BCUT2D eigenvalue weighted by atomic mass is 16.5. The Morgan fingerprint density at radius 3 is 2.70 bits per heavy atom. The smallest absolute Gasteiger partial charge is 0.192 e. The van der Waals surface area contributed by atoms with Crippen LogP contribution in [0.2, 0.25) is 0 Å². The van der Waals surface area contributed by atoms with Crippen molar-refractivity contribution in [1.29, 1.82) is 0 Å². The first-order valence-electron chi connectivity index (χ1n) is 9.64. The molecule has 0 saturated carbocycles. The zero-order valence-electron chi connectivity index (χ0n) is 16.2. The monoisotopic (exact) mass is 367 g/mol. The summed E-state index contributed by atoms with van der Waals surface area (Å²) in [6.45, 7) is 8.86. The molecule has 0 aliphatic carbocycles. The quantitative estimate of drug-likeness (QED) is 0.607. The molecule has 0 amide bonds. The molecule has 1 aromatic carbocycles. The molecule has 27 heavy (non-hydrogen) atoms. The van der Waals surface area contributed by atoms with Crippen molar-refractivity contribution in [2.24, 2.45) is 4.99 Å². The highest BCUT2D eigenvalue weighted by molar-refractivity contribution is 5.80. The fraction of sp³-hybridized carbons (Fsp3) is 0.429. The fourth-order valence-corrected chi connectivity index (χ4v) is 3.13. The highest BCUT2D eigenvalue weighted by Crippen LogP contribution is 2.19. The minimum Gasteiger partial charge on any atom is -0.378 e. The summed E-state index contributed by atoms with van der Waals surface area (Å²) in [5, 5.41) is 6.83. The number of morpholine rings is 1. The van der Waals surface area contributed by atoms with Gasteiger partial charge in [0.05, 0.1) is 25.8 Å². The zero-order valence-corrected chi connectivity index (χ0v) is 16.2. The average Bonchev–Trinajstić information content (AvgIpc) is 2.73. The summed E-state index contributed by atoms with van der Waals surface area (Å²) in [5.74, 6) is 1.82. The van der Waals surface area contributed by atoms with E-state index in [0.717, 1.165) is 50.2 Å². The number of benzene rings is 1. The maximum atomic E-state index is 5.46. The van der Waals surface area contributed by atoms with Crippen LogP contribution in [0, 0.1) is 0 Å². The van der Waals surface area contributed by atoms with Crippen molar-refractivity contribution in [3.8, 4) is 0 Å². The van der Waals surface area contributed by atoms with Crippen molar-refractivity contribution in [2.75, 3.05) is 37.7 Å². The van der Waals surface area contributed by atoms with Gasteiger partial charge in [-0.3, -0.25) is 0 Å². The Hall–Kier alpha value is -2.60. The van der Waals surface area contributed by atoms with Gasteiger partial charge in [0.15, 0.2) is 5.96 Å². The summed E-state index contributed by atoms with van der Waals surface area (Å²) in [7, 11) is 0. The highest BCUT2D eigenvalue weighted by Gasteiger charge is 2.16. The predicted molar refractivity (Wildman–Crippen MR) is 110 cm³/mol. The minimum absolute atomic E-state index is 0.177. The summed E-state index contributed by atoms with van der Waals surface area (Å²) < 4.78 is 5.46. The third-order valence-corrected chi connectivity index (χ3v) is 4.58. The Morgan fingerprint density at radius 1 is 1.19 bits per heavy atom. The van der Waals surface area contributed by atoms with E-state index in [1.54, 1.807) is 0 Å². The molecule has 0 bridgehead atoms. The first kappa shape index (κ1) is 19.2. The van der Waals surface area contributed by atoms with E-state index >= 15 is 0 Å². The van der Waals surface area contributed by atoms with E-state index in [2.05, 4.69) is 64.7 Å². The van der Waals surface area contributed by atoms with Crippen LogP contribution < -0.4 is 15.5 Å². The number of anilines is 1. The zero-order chi connectivity index (χ0) is 18.9. The van der Waals surface area contributed by atoms with Gasteiger partial charge in [0.25, 0.3) is 0 Å². The van der Waals surface area contributed by atoms with Gasteiger partial charge in [0.1, 0.15) is 5.82 Å². The van der Waals surface area contributed by atoms with E-state index in [4.69, 9.17) is 9.73 Å². The molecule has 1 aliphatic heterocycles. The van der Waals surface area contributed by atoms with Gasteiger partial charge in [-0.05, 0) is 25.5 Å². The number of nitrogens with zero attached hydrogens (tertiary/aromatic N) is 3. The minimum atomic E-state index is 0.177. The molecule has 144 valence electrons. The van der Waals surface area contributed by atoms with E-state index < -0.39 is 0 Å². The lowest BCUT2D eigenvalue weighted by atomic mass is 10.1. The van der Waals surface area contributed by atoms with Crippen molar-refractivity contribution in [3.63, 3.8) is 0 Å². The molecule has 1 fully saturated rings. The third-order valence-electron chi connectivity index (χ3n) is 4.58. The van der Waals surface area contributed by atoms with Crippen LogP contribution >= 0.6 is 0 Å². The normalized spacial score (nSPS) is 16.1. The topological polar surface area (TPSA) is 61.8 Å². The van der Waals surface area contributed by atoms with Crippen molar-refractivity contribution >= 4 is 11.8 Å². The van der Waals surface area contributed by atoms with Gasteiger partial charge in [-0.15, -0.1) is 0 Å². The Balaban J connectivity index is 1.71. The van der Waals surface area contributed by atoms with Crippen LogP contribution in [0.25, 0.3) is 0 Å². The standard InChI is InChI=1S/C21H29N5O/c1-3-22-21(25-17(2)18-8-5-4-6-9-18)24-16-19-10-7-11-23-20(19)26-12-14-27-15-13-26/h4-11,17H,3,12-16H2,1-2H3,(H2,22,24,25). The molecule has 2 heterocycles. The van der Waals surface area contributed by atoms with Gasteiger partial charge in [0, 0.05) is 31.4 Å². The van der Waals surface area contributed by atoms with Crippen LogP contribution in [0.15, 0.2) is 53.7 Å². The maximum absolute atomic E-state index is 5.46. The first-order chi connectivity index (χ1) is 13.3. The number of guanidine groups is 1. The second kappa shape index (κ2) is 9.92. The summed E-state index contributed by atoms with van der Waals surface area (Å²) in [4.78, 5) is 11.7. The summed E-state index contributed by atoms with van der Waals surface area (Å²) >= 11 is 0. The Bertz CT molecular complexity index is 728. The van der Waals surface area contributed by atoms with E-state index in [-0.39, 0.29) is 6.04 Å². The van der Waals surface area contributed by atoms with Crippen LogP contribution in [0.5, 0.6) is 0 Å². The van der Waals surface area contributed by atoms with Crippen molar-refractivity contribution < 1.29 is 4.74 Å². The molecule has 1 unspecified atom stereocenters. The number of nitrogens with one attached hydrogen (secondary N) is 2. The van der Waals surface area contributed by atoms with Gasteiger partial charge < -0.3 is 20.3 Å². The molecule has 1 aliphatic rings. The lowest BCUT2D eigenvalue weighted by molar-refractivity contribution is 0.122. The molecule has 6 nitrogen and oxygen atoms in total. The van der Waals surface area contributed by atoms with Crippen LogP contribution in [-0.4, -0.2) is 43.8 Å². The number of hydrogen-bond donors (Lipinski definition) is 2. The molecule has 1 atom stereocenters. The number of rotatable bonds is 6. The predicted octanol–water partition coefficient (Wildman–Crippen LogP) is 2.73. The molecule has 2 aromatic rings. The number of hydrogen-bond acceptors (Lipinski definition) is 4. The van der Waals surface area contributed by atoms with Crippen LogP contribution in [0.1, 0.15) is 31.0 Å². The number of aromatic nitrogens is 1. The average molecular weight is 367 g/mol. The van der Waals surface area contributed by atoms with Crippen LogP contribution in [-0.2, 0) is 11.3 Å². The summed E-state index contributed by atoms with van der Waals surface area (Å²) in [6, 6.07) is 14.6. The number of aliphatic imine (C=N–C) groups is 1. The second-order valence-corrected chi connectivity index (χ2v) is 6.56. The van der Waals surface area contributed by atoms with E-state index in [1.807, 2.05) is 18.3 Å². The Morgan fingerprint density at radius 2 is 1.96 bits per heavy atom. The summed E-state index contributed by atoms with van der Waals surface area (Å²) in [6.07, 6.45) is 1.85. The van der Waals surface area contributed by atoms with Gasteiger partial charge in [0.2, 0.25) is 0 Å². The second-order valence-electron chi connectivity index (χ2n) is 6.56. The molecular formula is C21H29N5O. The Labute approximate surface area is 161 Å². The number of ether oxygens (including phenoxy) is 1. The Kier molecular flexibility index (Phi) is 7.04. The summed E-state index contributed by atoms with van der Waals surface area (Å²) in [5.41, 5.74) is 2.36. The van der Waals surface area contributed by atoms with Gasteiger partial charge in [-0.2, -0.15) is 0 Å². The molecule has 0 spiro atoms. The van der Waals surface area contributed by atoms with E-state index in [0.29, 0.717) is 6.54 Å². The van der Waals surface area contributed by atoms with Crippen LogP contribution in [0.3, 0.4) is 0 Å². The van der Waals surface area contributed by atoms with Gasteiger partial charge in [-0.25, -0.2) is 9.98 Å². The lowest BCUT2D eigenvalue weighted by Gasteiger charge is -2.29. The van der Waals surface area contributed by atoms with E-state index in [9.17, 15) is 0 Å². The van der Waals surface area contributed by atoms with Crippen molar-refractivity contribution in [3.05, 3.63) is 59.8 Å². The van der Waals surface area contributed by atoms with Crippen LogP contribution in [0.4, 0.5) is 5.82 Å². The van der Waals surface area contributed by atoms with Gasteiger partial charge in [-0.1, -0.05) is 36.4 Å².